The van der Waals surface area contributed by atoms with Gasteiger partial charge < -0.3 is 9.64 Å². The van der Waals surface area contributed by atoms with Crippen LogP contribution in [0.5, 0.6) is 5.75 Å². The van der Waals surface area contributed by atoms with E-state index in [0.717, 1.165) is 21.8 Å². The van der Waals surface area contributed by atoms with Crippen LogP contribution >= 0.6 is 22.9 Å². The topological polar surface area (TPSA) is 46.8 Å². The SMILES string of the molecule is COc1cccc(/C=c2/sc3n(c2=O)CN(c2ccc(Cl)cc2)CN=3)c1. The third-order valence-electron chi connectivity index (χ3n) is 4.16. The van der Waals surface area contributed by atoms with Crippen LogP contribution in [0.3, 0.4) is 0 Å². The molecule has 0 fully saturated rings. The molecule has 1 aromatic heterocycles. The van der Waals surface area contributed by atoms with Gasteiger partial charge in [0.1, 0.15) is 19.1 Å². The first-order valence-electron chi connectivity index (χ1n) is 8.04. The minimum atomic E-state index is -0.0322. The number of aromatic nitrogens is 1. The molecule has 0 bridgehead atoms. The molecular weight excluding hydrogens is 370 g/mol. The number of hydrogen-bond acceptors (Lipinski definition) is 5. The van der Waals surface area contributed by atoms with E-state index in [2.05, 4.69) is 4.99 Å². The van der Waals surface area contributed by atoms with E-state index < -0.39 is 0 Å². The standard InChI is InChI=1S/C19H16ClN3O2S/c1-25-16-4-2-3-13(9-16)10-17-18(24)23-12-22(11-21-19(23)26-17)15-7-5-14(20)6-8-15/h2-10H,11-12H2,1H3/b17-10+. The van der Waals surface area contributed by atoms with E-state index in [-0.39, 0.29) is 5.56 Å². The van der Waals surface area contributed by atoms with Gasteiger partial charge in [0.25, 0.3) is 5.56 Å². The quantitative estimate of drug-likeness (QED) is 0.695. The molecule has 5 nitrogen and oxygen atoms in total. The van der Waals surface area contributed by atoms with Crippen LogP contribution in [0.15, 0.2) is 58.3 Å². The number of ether oxygens (including phenoxy) is 1. The van der Waals surface area contributed by atoms with Gasteiger partial charge in [-0.25, -0.2) is 4.99 Å². The summed E-state index contributed by atoms with van der Waals surface area (Å²) in [5.74, 6) is 0.763. The molecule has 0 unspecified atom stereocenters. The molecule has 7 heteroatoms. The highest BCUT2D eigenvalue weighted by Gasteiger charge is 2.15. The van der Waals surface area contributed by atoms with Crippen molar-refractivity contribution in [1.29, 1.82) is 0 Å². The number of methoxy groups -OCH3 is 1. The summed E-state index contributed by atoms with van der Waals surface area (Å²) in [5.41, 5.74) is 1.88. The van der Waals surface area contributed by atoms with Gasteiger partial charge in [-0.3, -0.25) is 9.36 Å². The largest absolute Gasteiger partial charge is 0.497 e. The molecule has 0 amide bonds. The van der Waals surface area contributed by atoms with Crippen molar-refractivity contribution in [3.05, 3.63) is 78.8 Å². The van der Waals surface area contributed by atoms with Crippen molar-refractivity contribution in [2.45, 2.75) is 6.67 Å². The average molecular weight is 386 g/mol. The van der Waals surface area contributed by atoms with E-state index in [1.165, 1.54) is 11.3 Å². The lowest BCUT2D eigenvalue weighted by atomic mass is 10.2. The molecule has 3 aromatic rings. The molecular formula is C19H16ClN3O2S. The second kappa shape index (κ2) is 6.97. The highest BCUT2D eigenvalue weighted by molar-refractivity contribution is 7.07. The van der Waals surface area contributed by atoms with Crippen LogP contribution in [0, 0.1) is 0 Å². The number of thiazole rings is 1. The van der Waals surface area contributed by atoms with E-state index in [4.69, 9.17) is 16.3 Å². The first kappa shape index (κ1) is 16.9. The van der Waals surface area contributed by atoms with Gasteiger partial charge in [0.05, 0.1) is 11.6 Å². The van der Waals surface area contributed by atoms with Crippen molar-refractivity contribution < 1.29 is 4.74 Å². The minimum Gasteiger partial charge on any atom is -0.497 e. The molecule has 2 heterocycles. The van der Waals surface area contributed by atoms with Crippen LogP contribution in [0.2, 0.25) is 5.02 Å². The van der Waals surface area contributed by atoms with Gasteiger partial charge in [0, 0.05) is 10.7 Å². The lowest BCUT2D eigenvalue weighted by molar-refractivity contribution is 0.414. The van der Waals surface area contributed by atoms with Crippen LogP contribution in [-0.4, -0.2) is 18.3 Å². The maximum absolute atomic E-state index is 12.8. The Bertz CT molecular complexity index is 1120. The molecule has 132 valence electrons. The van der Waals surface area contributed by atoms with Crippen molar-refractivity contribution in [1.82, 2.24) is 4.57 Å². The fourth-order valence-corrected chi connectivity index (χ4v) is 3.90. The molecule has 0 saturated carbocycles. The summed E-state index contributed by atoms with van der Waals surface area (Å²) in [6, 6.07) is 15.2. The van der Waals surface area contributed by atoms with Crippen LogP contribution in [0.25, 0.3) is 6.08 Å². The van der Waals surface area contributed by atoms with Gasteiger partial charge in [-0.1, -0.05) is 35.1 Å². The number of nitrogens with zero attached hydrogens (tertiary/aromatic N) is 3. The molecule has 1 aliphatic heterocycles. The van der Waals surface area contributed by atoms with E-state index in [1.54, 1.807) is 11.7 Å². The summed E-state index contributed by atoms with van der Waals surface area (Å²) >= 11 is 7.36. The Morgan fingerprint density at radius 3 is 2.81 bits per heavy atom. The van der Waals surface area contributed by atoms with Crippen LogP contribution in [0.1, 0.15) is 5.56 Å². The number of halogens is 1. The van der Waals surface area contributed by atoms with Gasteiger partial charge in [-0.2, -0.15) is 0 Å². The van der Waals surface area contributed by atoms with Gasteiger partial charge >= 0.3 is 0 Å². The van der Waals surface area contributed by atoms with Crippen LogP contribution in [-0.2, 0) is 6.67 Å². The Morgan fingerprint density at radius 2 is 2.04 bits per heavy atom. The van der Waals surface area contributed by atoms with E-state index in [9.17, 15) is 4.79 Å². The zero-order chi connectivity index (χ0) is 18.1. The summed E-state index contributed by atoms with van der Waals surface area (Å²) in [4.78, 5) is 20.1. The molecule has 0 aliphatic carbocycles. The van der Waals surface area contributed by atoms with Crippen molar-refractivity contribution in [3.8, 4) is 5.75 Å². The Balaban J connectivity index is 1.70. The Morgan fingerprint density at radius 1 is 1.23 bits per heavy atom. The zero-order valence-electron chi connectivity index (χ0n) is 14.1. The highest BCUT2D eigenvalue weighted by Crippen LogP contribution is 2.19. The summed E-state index contributed by atoms with van der Waals surface area (Å²) in [6.45, 7) is 0.988. The average Bonchev–Trinajstić information content (AvgIpc) is 2.98. The molecule has 26 heavy (non-hydrogen) atoms. The first-order chi connectivity index (χ1) is 12.6. The molecule has 0 atom stereocenters. The van der Waals surface area contributed by atoms with Crippen LogP contribution in [0.4, 0.5) is 5.69 Å². The molecule has 2 aromatic carbocycles. The predicted octanol–water partition coefficient (Wildman–Crippen LogP) is 2.46. The minimum absolute atomic E-state index is 0.0322. The zero-order valence-corrected chi connectivity index (χ0v) is 15.6. The fourth-order valence-electron chi connectivity index (χ4n) is 2.81. The number of rotatable bonds is 3. The van der Waals surface area contributed by atoms with Gasteiger partial charge in [0.15, 0.2) is 4.80 Å². The van der Waals surface area contributed by atoms with Crippen LogP contribution < -0.4 is 24.5 Å². The number of anilines is 1. The van der Waals surface area contributed by atoms with E-state index in [1.807, 2.05) is 59.5 Å². The summed E-state index contributed by atoms with van der Waals surface area (Å²) in [5, 5.41) is 0.686. The second-order valence-corrected chi connectivity index (χ2v) is 7.31. The van der Waals surface area contributed by atoms with Gasteiger partial charge in [-0.05, 0) is 48.0 Å². The highest BCUT2D eigenvalue weighted by atomic mass is 35.5. The summed E-state index contributed by atoms with van der Waals surface area (Å²) < 4.78 is 7.61. The van der Waals surface area contributed by atoms with Gasteiger partial charge in [-0.15, -0.1) is 0 Å². The summed E-state index contributed by atoms with van der Waals surface area (Å²) in [7, 11) is 1.63. The molecule has 0 N–H and O–H groups in total. The van der Waals surface area contributed by atoms with Crippen molar-refractivity contribution in [2.24, 2.45) is 4.99 Å². The number of hydrogen-bond donors (Lipinski definition) is 0. The Labute approximate surface area is 159 Å². The molecule has 0 radical (unpaired) electrons. The van der Waals surface area contributed by atoms with Gasteiger partial charge in [0.2, 0.25) is 0 Å². The maximum Gasteiger partial charge on any atom is 0.271 e. The molecule has 4 rings (SSSR count). The number of fused-ring (bicyclic) bond motifs is 1. The van der Waals surface area contributed by atoms with E-state index in [0.29, 0.717) is 22.9 Å². The van der Waals surface area contributed by atoms with Crippen molar-refractivity contribution in [3.63, 3.8) is 0 Å². The predicted molar refractivity (Wildman–Crippen MR) is 105 cm³/mol. The molecule has 0 saturated heterocycles. The first-order valence-corrected chi connectivity index (χ1v) is 9.24. The lowest BCUT2D eigenvalue weighted by Crippen LogP contribution is -2.42. The lowest BCUT2D eigenvalue weighted by Gasteiger charge is -2.25. The summed E-state index contributed by atoms with van der Waals surface area (Å²) in [6.07, 6.45) is 1.88. The maximum atomic E-state index is 12.8. The van der Waals surface area contributed by atoms with Crippen molar-refractivity contribution >= 4 is 34.7 Å². The fraction of sp³-hybridized carbons (Fsp3) is 0.158. The second-order valence-electron chi connectivity index (χ2n) is 5.86. The molecule has 0 spiro atoms. The Hall–Kier alpha value is -2.57. The number of benzene rings is 2. The monoisotopic (exact) mass is 385 g/mol. The smallest absolute Gasteiger partial charge is 0.271 e. The van der Waals surface area contributed by atoms with E-state index >= 15 is 0 Å². The normalized spacial score (nSPS) is 14.1. The van der Waals surface area contributed by atoms with Crippen molar-refractivity contribution in [2.75, 3.05) is 18.7 Å². The Kier molecular flexibility index (Phi) is 4.53. The molecule has 1 aliphatic rings. The third-order valence-corrected chi connectivity index (χ3v) is 5.46. The third kappa shape index (κ3) is 3.25.